The second-order valence-electron chi connectivity index (χ2n) is 6.38. The van der Waals surface area contributed by atoms with E-state index in [4.69, 9.17) is 0 Å². The van der Waals surface area contributed by atoms with Crippen LogP contribution in [0.15, 0.2) is 41.5 Å². The van der Waals surface area contributed by atoms with Gasteiger partial charge in [-0.15, -0.1) is 0 Å². The van der Waals surface area contributed by atoms with Gasteiger partial charge in [-0.25, -0.2) is 4.98 Å². The maximum absolute atomic E-state index is 12.7. The lowest BCUT2D eigenvalue weighted by molar-refractivity contribution is 0.0184. The van der Waals surface area contributed by atoms with Gasteiger partial charge in [-0.05, 0) is 37.2 Å². The van der Waals surface area contributed by atoms with Crippen LogP contribution in [0, 0.1) is 5.92 Å². The van der Waals surface area contributed by atoms with Gasteiger partial charge in [-0.3, -0.25) is 9.36 Å². The Bertz CT molecular complexity index is 910. The van der Waals surface area contributed by atoms with E-state index in [1.165, 1.54) is 22.4 Å². The van der Waals surface area contributed by atoms with E-state index in [-0.39, 0.29) is 18.0 Å². The summed E-state index contributed by atoms with van der Waals surface area (Å²) in [5.41, 5.74) is 1.34. The van der Waals surface area contributed by atoms with Crippen molar-refractivity contribution >= 4 is 21.7 Å². The molecule has 1 aliphatic carbocycles. The van der Waals surface area contributed by atoms with Crippen molar-refractivity contribution in [2.45, 2.75) is 31.9 Å². The summed E-state index contributed by atoms with van der Waals surface area (Å²) in [5.74, 6) is 0.284. The number of fused-ring (bicyclic) bond motifs is 1. The van der Waals surface area contributed by atoms with Gasteiger partial charge in [0.2, 0.25) is 0 Å². The fraction of sp³-hybridized carbons (Fsp3) is 0.353. The number of aromatic nitrogens is 3. The molecule has 0 spiro atoms. The van der Waals surface area contributed by atoms with Crippen LogP contribution in [0.2, 0.25) is 0 Å². The molecule has 23 heavy (non-hydrogen) atoms. The fourth-order valence-corrected chi connectivity index (χ4v) is 3.74. The lowest BCUT2D eigenvalue weighted by atomic mass is 10.0. The fourth-order valence-electron chi connectivity index (χ4n) is 2.93. The van der Waals surface area contributed by atoms with Gasteiger partial charge in [-0.1, -0.05) is 30.3 Å². The number of benzene rings is 1. The predicted molar refractivity (Wildman–Crippen MR) is 90.5 cm³/mol. The highest BCUT2D eigenvalue weighted by atomic mass is 32.1. The van der Waals surface area contributed by atoms with Crippen LogP contribution in [0.4, 0.5) is 0 Å². The number of rotatable bonds is 4. The number of nitrogens with zero attached hydrogens (tertiary/aromatic N) is 3. The van der Waals surface area contributed by atoms with Crippen molar-refractivity contribution in [2.24, 2.45) is 5.92 Å². The van der Waals surface area contributed by atoms with E-state index >= 15 is 0 Å². The molecule has 2 aromatic heterocycles. The highest BCUT2D eigenvalue weighted by Gasteiger charge is 2.40. The largest absolute Gasteiger partial charge is 0.388 e. The molecule has 3 aromatic rings. The molecule has 0 bridgehead atoms. The smallest absolute Gasteiger partial charge is 0.273 e. The monoisotopic (exact) mass is 327 g/mol. The van der Waals surface area contributed by atoms with Crippen LogP contribution in [0.25, 0.3) is 21.5 Å². The molecule has 1 saturated carbocycles. The van der Waals surface area contributed by atoms with Crippen LogP contribution in [-0.2, 0) is 6.54 Å². The zero-order valence-corrected chi connectivity index (χ0v) is 13.6. The lowest BCUT2D eigenvalue weighted by Crippen LogP contribution is -2.37. The summed E-state index contributed by atoms with van der Waals surface area (Å²) < 4.78 is 6.46. The van der Waals surface area contributed by atoms with Crippen LogP contribution >= 0.6 is 11.5 Å². The van der Waals surface area contributed by atoms with E-state index < -0.39 is 5.60 Å². The zero-order valence-electron chi connectivity index (χ0n) is 12.8. The normalized spacial score (nSPS) is 17.3. The molecule has 0 aliphatic heterocycles. The highest BCUT2D eigenvalue weighted by molar-refractivity contribution is 7.13. The molecule has 118 valence electrons. The Kier molecular flexibility index (Phi) is 3.32. The first-order valence-electron chi connectivity index (χ1n) is 7.69. The summed E-state index contributed by atoms with van der Waals surface area (Å²) in [6.07, 6.45) is 3.58. The molecule has 1 aliphatic rings. The quantitative estimate of drug-likeness (QED) is 0.800. The second-order valence-corrected chi connectivity index (χ2v) is 7.16. The van der Waals surface area contributed by atoms with E-state index in [1.54, 1.807) is 6.92 Å². The molecule has 1 unspecified atom stereocenters. The maximum Gasteiger partial charge on any atom is 0.273 e. The van der Waals surface area contributed by atoms with Crippen LogP contribution in [-0.4, -0.2) is 24.6 Å². The summed E-state index contributed by atoms with van der Waals surface area (Å²) in [6.45, 7) is 2.07. The molecule has 6 heteroatoms. The molecule has 5 nitrogen and oxygen atoms in total. The summed E-state index contributed by atoms with van der Waals surface area (Å²) in [5, 5.41) is 10.5. The molecule has 1 aromatic carbocycles. The van der Waals surface area contributed by atoms with Gasteiger partial charge in [0.1, 0.15) is 15.9 Å². The average Bonchev–Trinajstić information content (AvgIpc) is 3.32. The third-order valence-electron chi connectivity index (χ3n) is 4.44. The lowest BCUT2D eigenvalue weighted by Gasteiger charge is -2.23. The average molecular weight is 327 g/mol. The molecule has 0 saturated heterocycles. The minimum Gasteiger partial charge on any atom is -0.388 e. The van der Waals surface area contributed by atoms with Gasteiger partial charge in [0.05, 0.1) is 18.5 Å². The molecule has 1 atom stereocenters. The van der Waals surface area contributed by atoms with E-state index in [1.807, 2.05) is 30.3 Å². The topological polar surface area (TPSA) is 68.0 Å². The van der Waals surface area contributed by atoms with Crippen molar-refractivity contribution in [3.05, 3.63) is 47.0 Å². The molecular weight excluding hydrogens is 310 g/mol. The Morgan fingerprint density at radius 2 is 2.09 bits per heavy atom. The van der Waals surface area contributed by atoms with E-state index in [2.05, 4.69) is 9.36 Å². The predicted octanol–water partition coefficient (Wildman–Crippen LogP) is 2.68. The molecule has 1 fully saturated rings. The van der Waals surface area contributed by atoms with Gasteiger partial charge in [0.15, 0.2) is 0 Å². The molecule has 0 amide bonds. The summed E-state index contributed by atoms with van der Waals surface area (Å²) >= 11 is 1.17. The molecule has 1 N–H and O–H groups in total. The number of hydrogen-bond acceptors (Lipinski definition) is 5. The van der Waals surface area contributed by atoms with Gasteiger partial charge in [0.25, 0.3) is 5.56 Å². The van der Waals surface area contributed by atoms with Crippen molar-refractivity contribution in [1.29, 1.82) is 0 Å². The van der Waals surface area contributed by atoms with Gasteiger partial charge in [-0.2, -0.15) is 4.37 Å². The van der Waals surface area contributed by atoms with Gasteiger partial charge < -0.3 is 5.11 Å². The summed E-state index contributed by atoms with van der Waals surface area (Å²) in [4.78, 5) is 17.1. The van der Waals surface area contributed by atoms with E-state index in [0.717, 1.165) is 24.1 Å². The molecular formula is C17H17N3O2S. The van der Waals surface area contributed by atoms with Crippen LogP contribution in [0.3, 0.4) is 0 Å². The van der Waals surface area contributed by atoms with E-state index in [9.17, 15) is 9.90 Å². The number of aliphatic hydroxyl groups is 1. The maximum atomic E-state index is 12.7. The van der Waals surface area contributed by atoms with Gasteiger partial charge in [0, 0.05) is 5.56 Å². The third kappa shape index (κ3) is 2.58. The minimum absolute atomic E-state index is 0.129. The SMILES string of the molecule is CC(O)(Cn1cnc2c(-c3ccccc3)nsc2c1=O)C1CC1. The van der Waals surface area contributed by atoms with Crippen molar-refractivity contribution in [1.82, 2.24) is 13.9 Å². The Morgan fingerprint density at radius 1 is 1.35 bits per heavy atom. The summed E-state index contributed by atoms with van der Waals surface area (Å²) in [7, 11) is 0. The first-order chi connectivity index (χ1) is 11.1. The van der Waals surface area contributed by atoms with Crippen LogP contribution in [0.5, 0.6) is 0 Å². The Morgan fingerprint density at radius 3 is 2.78 bits per heavy atom. The van der Waals surface area contributed by atoms with Crippen molar-refractivity contribution in [3.8, 4) is 11.3 Å². The molecule has 0 radical (unpaired) electrons. The molecule has 2 heterocycles. The van der Waals surface area contributed by atoms with Crippen LogP contribution in [0.1, 0.15) is 19.8 Å². The second kappa shape index (κ2) is 5.25. The summed E-state index contributed by atoms with van der Waals surface area (Å²) in [6, 6.07) is 9.74. The first-order valence-corrected chi connectivity index (χ1v) is 8.46. The van der Waals surface area contributed by atoms with Crippen molar-refractivity contribution in [3.63, 3.8) is 0 Å². The van der Waals surface area contributed by atoms with Gasteiger partial charge >= 0.3 is 0 Å². The minimum atomic E-state index is -0.855. The third-order valence-corrected chi connectivity index (χ3v) is 5.27. The Balaban J connectivity index is 1.77. The van der Waals surface area contributed by atoms with E-state index in [0.29, 0.717) is 10.2 Å². The highest BCUT2D eigenvalue weighted by Crippen LogP contribution is 2.40. The Labute approximate surface area is 137 Å². The van der Waals surface area contributed by atoms with Crippen molar-refractivity contribution < 1.29 is 5.11 Å². The first kappa shape index (κ1) is 14.5. The Hall–Kier alpha value is -2.05. The zero-order chi connectivity index (χ0) is 16.0. The number of hydrogen-bond donors (Lipinski definition) is 1. The van der Waals surface area contributed by atoms with Crippen LogP contribution < -0.4 is 5.56 Å². The standard InChI is InChI=1S/C17H17N3O2S/c1-17(22,12-7-8-12)9-20-10-18-14-13(11-5-3-2-4-6-11)19-23-15(14)16(20)21/h2-6,10,12,22H,7-9H2,1H3. The van der Waals surface area contributed by atoms with Crippen molar-refractivity contribution in [2.75, 3.05) is 0 Å². The molecule has 4 rings (SSSR count).